The van der Waals surface area contributed by atoms with Crippen molar-refractivity contribution in [1.82, 2.24) is 0 Å². The van der Waals surface area contributed by atoms with Crippen molar-refractivity contribution in [3.8, 4) is 0 Å². The van der Waals surface area contributed by atoms with E-state index in [1.165, 1.54) is 37.3 Å². The topological polar surface area (TPSA) is 9.23 Å². The summed E-state index contributed by atoms with van der Waals surface area (Å²) >= 11 is 0. The Hall–Kier alpha value is -1.62. The van der Waals surface area contributed by atoms with Crippen molar-refractivity contribution < 1.29 is 22.3 Å². The Morgan fingerprint density at radius 1 is 0.943 bits per heavy atom. The van der Waals surface area contributed by atoms with Crippen LogP contribution < -0.4 is 0 Å². The highest BCUT2D eigenvalue weighted by atomic mass is 19.3. The molecule has 0 radical (unpaired) electrons. The third-order valence-corrected chi connectivity index (χ3v) is 8.49. The summed E-state index contributed by atoms with van der Waals surface area (Å²) in [5.74, 6) is -1.16. The van der Waals surface area contributed by atoms with Gasteiger partial charge >= 0.3 is 6.11 Å². The summed E-state index contributed by atoms with van der Waals surface area (Å²) in [5.41, 5.74) is 2.15. The Balaban J connectivity index is 1.20. The van der Waals surface area contributed by atoms with Crippen molar-refractivity contribution in [1.29, 1.82) is 0 Å². The highest BCUT2D eigenvalue weighted by Crippen LogP contribution is 2.43. The number of halogens is 4. The second-order valence-corrected chi connectivity index (χ2v) is 11.0. The van der Waals surface area contributed by atoms with Crippen LogP contribution in [0.15, 0.2) is 42.0 Å². The van der Waals surface area contributed by atoms with E-state index < -0.39 is 29.8 Å². The maximum absolute atomic E-state index is 15.0. The van der Waals surface area contributed by atoms with Gasteiger partial charge in [-0.15, -0.1) is 0 Å². The fourth-order valence-electron chi connectivity index (χ4n) is 6.24. The van der Waals surface area contributed by atoms with Crippen molar-refractivity contribution in [2.45, 2.75) is 109 Å². The number of hydrogen-bond acceptors (Lipinski definition) is 1. The van der Waals surface area contributed by atoms with Gasteiger partial charge in [-0.25, -0.2) is 8.78 Å². The molecule has 3 aliphatic rings. The minimum absolute atomic E-state index is 0.0672. The standard InChI is InChI=1S/C30H40F4O/c1-2-3-21-4-6-22(7-5-21)8-9-23-10-15-26(16-11-23)30(33,34)35-27-17-12-24(13-18-27)25-14-19-28(31)29(32)20-25/h6,8-9,14,19-21,23-24,26-27H,2-5,7,10-13,15-18H2,1H3/b9-8+. The first-order valence-electron chi connectivity index (χ1n) is 13.7. The molecule has 1 atom stereocenters. The summed E-state index contributed by atoms with van der Waals surface area (Å²) in [6, 6.07) is 3.97. The molecule has 1 nitrogen and oxygen atoms in total. The zero-order valence-electron chi connectivity index (χ0n) is 21.0. The zero-order valence-corrected chi connectivity index (χ0v) is 21.0. The van der Waals surface area contributed by atoms with Gasteiger partial charge in [-0.1, -0.05) is 49.6 Å². The molecule has 194 valence electrons. The van der Waals surface area contributed by atoms with Gasteiger partial charge in [-0.3, -0.25) is 0 Å². The number of rotatable bonds is 8. The van der Waals surface area contributed by atoms with Crippen LogP contribution in [0.1, 0.15) is 102 Å². The largest absolute Gasteiger partial charge is 0.358 e. The van der Waals surface area contributed by atoms with E-state index in [9.17, 15) is 17.6 Å². The highest BCUT2D eigenvalue weighted by Gasteiger charge is 2.44. The molecule has 0 amide bonds. The van der Waals surface area contributed by atoms with Crippen LogP contribution in [0, 0.1) is 29.4 Å². The fraction of sp³-hybridized carbons (Fsp3) is 0.667. The van der Waals surface area contributed by atoms with E-state index in [1.807, 2.05) is 0 Å². The van der Waals surface area contributed by atoms with Crippen molar-refractivity contribution in [2.24, 2.45) is 17.8 Å². The Labute approximate surface area is 208 Å². The first-order valence-corrected chi connectivity index (χ1v) is 13.7. The SMILES string of the molecule is CCCC1CC=C(/C=C/C2CCC(C(F)(F)OC3CCC(c4ccc(F)c(F)c4)CC3)CC2)CC1. The molecule has 2 fully saturated rings. The second-order valence-electron chi connectivity index (χ2n) is 11.0. The lowest BCUT2D eigenvalue weighted by Crippen LogP contribution is -2.38. The van der Waals surface area contributed by atoms with Gasteiger partial charge in [0, 0.05) is 0 Å². The number of allylic oxidation sites excluding steroid dienone is 4. The number of alkyl halides is 2. The van der Waals surface area contributed by atoms with Crippen LogP contribution in [-0.4, -0.2) is 12.2 Å². The molecule has 0 aromatic heterocycles. The molecule has 35 heavy (non-hydrogen) atoms. The van der Waals surface area contributed by atoms with E-state index >= 15 is 0 Å². The van der Waals surface area contributed by atoms with E-state index in [0.29, 0.717) is 44.4 Å². The van der Waals surface area contributed by atoms with Crippen molar-refractivity contribution >= 4 is 0 Å². The van der Waals surface area contributed by atoms with Gasteiger partial charge in [-0.2, -0.15) is 8.78 Å². The fourth-order valence-corrected chi connectivity index (χ4v) is 6.24. The van der Waals surface area contributed by atoms with E-state index in [1.54, 1.807) is 6.07 Å². The Kier molecular flexibility index (Phi) is 9.13. The van der Waals surface area contributed by atoms with Gasteiger partial charge in [0.2, 0.25) is 0 Å². The van der Waals surface area contributed by atoms with Gasteiger partial charge in [0.1, 0.15) is 0 Å². The monoisotopic (exact) mass is 492 g/mol. The Morgan fingerprint density at radius 2 is 1.69 bits per heavy atom. The van der Waals surface area contributed by atoms with E-state index in [4.69, 9.17) is 4.74 Å². The molecule has 0 N–H and O–H groups in total. The van der Waals surface area contributed by atoms with Crippen molar-refractivity contribution in [2.75, 3.05) is 0 Å². The average Bonchev–Trinajstić information content (AvgIpc) is 2.86. The van der Waals surface area contributed by atoms with Crippen LogP contribution in [0.5, 0.6) is 0 Å². The maximum Gasteiger partial charge on any atom is 0.358 e. The average molecular weight is 493 g/mol. The molecule has 0 spiro atoms. The molecular weight excluding hydrogens is 452 g/mol. The molecule has 0 bridgehead atoms. The quantitative estimate of drug-likeness (QED) is 0.328. The Bertz CT molecular complexity index is 876. The molecule has 0 aliphatic heterocycles. The predicted octanol–water partition coefficient (Wildman–Crippen LogP) is 9.49. The normalized spacial score (nSPS) is 30.4. The third-order valence-electron chi connectivity index (χ3n) is 8.49. The van der Waals surface area contributed by atoms with Crippen LogP contribution in [0.25, 0.3) is 0 Å². The van der Waals surface area contributed by atoms with Gasteiger partial charge in [-0.05, 0) is 106 Å². The van der Waals surface area contributed by atoms with Gasteiger partial charge in [0.15, 0.2) is 11.6 Å². The van der Waals surface area contributed by atoms with Crippen molar-refractivity contribution in [3.05, 3.63) is 59.2 Å². The van der Waals surface area contributed by atoms with Crippen LogP contribution in [-0.2, 0) is 4.74 Å². The van der Waals surface area contributed by atoms with Crippen LogP contribution in [0.3, 0.4) is 0 Å². The molecule has 0 heterocycles. The van der Waals surface area contributed by atoms with Gasteiger partial charge in [0.05, 0.1) is 12.0 Å². The van der Waals surface area contributed by atoms with Crippen LogP contribution in [0.2, 0.25) is 0 Å². The summed E-state index contributed by atoms with van der Waals surface area (Å²) in [4.78, 5) is 0. The molecule has 5 heteroatoms. The predicted molar refractivity (Wildman–Crippen MR) is 132 cm³/mol. The maximum atomic E-state index is 15.0. The minimum atomic E-state index is -3.10. The number of ether oxygens (including phenoxy) is 1. The first kappa shape index (κ1) is 26.4. The highest BCUT2D eigenvalue weighted by molar-refractivity contribution is 5.23. The van der Waals surface area contributed by atoms with Crippen LogP contribution in [0.4, 0.5) is 17.6 Å². The summed E-state index contributed by atoms with van der Waals surface area (Å²) in [6.07, 6.45) is 14.3. The van der Waals surface area contributed by atoms with E-state index in [0.717, 1.165) is 36.8 Å². The second kappa shape index (κ2) is 12.1. The van der Waals surface area contributed by atoms with Crippen molar-refractivity contribution in [3.63, 3.8) is 0 Å². The molecule has 3 aliphatic carbocycles. The molecule has 0 saturated heterocycles. The zero-order chi connectivity index (χ0) is 24.8. The van der Waals surface area contributed by atoms with E-state index in [2.05, 4.69) is 25.2 Å². The number of hydrogen-bond donors (Lipinski definition) is 0. The minimum Gasteiger partial charge on any atom is -0.317 e. The Morgan fingerprint density at radius 3 is 2.31 bits per heavy atom. The summed E-state index contributed by atoms with van der Waals surface area (Å²) in [7, 11) is 0. The summed E-state index contributed by atoms with van der Waals surface area (Å²) < 4.78 is 62.1. The van der Waals surface area contributed by atoms with Gasteiger partial charge < -0.3 is 4.74 Å². The van der Waals surface area contributed by atoms with E-state index in [-0.39, 0.29) is 5.92 Å². The number of benzene rings is 1. The molecule has 1 aromatic rings. The third kappa shape index (κ3) is 7.21. The molecule has 1 unspecified atom stereocenters. The molecule has 1 aromatic carbocycles. The summed E-state index contributed by atoms with van der Waals surface area (Å²) in [6.45, 7) is 2.24. The molecule has 4 rings (SSSR count). The van der Waals surface area contributed by atoms with Gasteiger partial charge in [0.25, 0.3) is 0 Å². The summed E-state index contributed by atoms with van der Waals surface area (Å²) in [5, 5.41) is 0. The lowest BCUT2D eigenvalue weighted by atomic mass is 9.80. The molecular formula is C30H40F4O. The van der Waals surface area contributed by atoms with Crippen LogP contribution >= 0.6 is 0 Å². The first-order chi connectivity index (χ1) is 16.8. The lowest BCUT2D eigenvalue weighted by Gasteiger charge is -2.36. The lowest BCUT2D eigenvalue weighted by molar-refractivity contribution is -0.301. The molecule has 2 saturated carbocycles. The smallest absolute Gasteiger partial charge is 0.317 e.